The number of ether oxygens (including phenoxy) is 4. The van der Waals surface area contributed by atoms with E-state index >= 15 is 0 Å². The molecule has 0 radical (unpaired) electrons. The lowest BCUT2D eigenvalue weighted by Crippen LogP contribution is -2.38. The molecule has 11 nitrogen and oxygen atoms in total. The number of rotatable bonds is 13. The van der Waals surface area contributed by atoms with Crippen molar-refractivity contribution < 1.29 is 28.8 Å². The Morgan fingerprint density at radius 3 is 2.16 bits per heavy atom. The van der Waals surface area contributed by atoms with Crippen molar-refractivity contribution in [2.45, 2.75) is 57.1 Å². The number of aliphatic hydroxyl groups is 1. The number of carbonyl (C=O) groups is 1. The molecule has 1 amide bonds. The van der Waals surface area contributed by atoms with Crippen LogP contribution in [-0.2, 0) is 19.9 Å². The van der Waals surface area contributed by atoms with E-state index < -0.39 is 35.3 Å². The molecule has 3 atom stereocenters. The molecule has 1 aromatic heterocycles. The highest BCUT2D eigenvalue weighted by molar-refractivity contribution is 5.76. The van der Waals surface area contributed by atoms with E-state index in [1.165, 1.54) is 10.8 Å². The minimum Gasteiger partial charge on any atom is -0.497 e. The van der Waals surface area contributed by atoms with Crippen LogP contribution in [-0.4, -0.2) is 60.1 Å². The maximum atomic E-state index is 12.9. The lowest BCUT2D eigenvalue weighted by atomic mass is 9.80. The van der Waals surface area contributed by atoms with Crippen molar-refractivity contribution in [1.82, 2.24) is 14.9 Å². The molecule has 11 heteroatoms. The molecule has 1 aliphatic rings. The Bertz CT molecular complexity index is 1860. The summed E-state index contributed by atoms with van der Waals surface area (Å²) in [4.78, 5) is 39.8. The summed E-state index contributed by atoms with van der Waals surface area (Å²) in [6.07, 6.45) is -0.167. The number of methoxy groups -OCH3 is 2. The van der Waals surface area contributed by atoms with Gasteiger partial charge in [0.05, 0.1) is 33.5 Å². The largest absolute Gasteiger partial charge is 0.497 e. The van der Waals surface area contributed by atoms with Gasteiger partial charge in [0.2, 0.25) is 5.91 Å². The molecule has 0 aliphatic carbocycles. The number of H-pyrrole nitrogens is 1. The summed E-state index contributed by atoms with van der Waals surface area (Å²) in [6, 6.07) is 24.9. The summed E-state index contributed by atoms with van der Waals surface area (Å²) in [5.74, 6) is 7.16. The number of nitrogens with one attached hydrogen (secondary N) is 2. The molecule has 3 aromatic carbocycles. The van der Waals surface area contributed by atoms with Gasteiger partial charge in [-0.25, -0.2) is 4.79 Å². The first-order chi connectivity index (χ1) is 24.1. The molecule has 1 unspecified atom stereocenters. The van der Waals surface area contributed by atoms with Crippen molar-refractivity contribution in [1.29, 1.82) is 0 Å². The second-order valence-electron chi connectivity index (χ2n) is 12.5. The Morgan fingerprint density at radius 2 is 1.58 bits per heavy atom. The first-order valence-corrected chi connectivity index (χ1v) is 16.6. The van der Waals surface area contributed by atoms with Gasteiger partial charge in [0.15, 0.2) is 0 Å². The topological polar surface area (TPSA) is 141 Å². The number of benzene rings is 3. The molecular weight excluding hydrogens is 638 g/mol. The monoisotopic (exact) mass is 681 g/mol. The van der Waals surface area contributed by atoms with Crippen molar-refractivity contribution in [3.8, 4) is 23.3 Å². The van der Waals surface area contributed by atoms with Gasteiger partial charge in [0.1, 0.15) is 35.0 Å². The van der Waals surface area contributed by atoms with Crippen molar-refractivity contribution >= 4 is 5.91 Å². The zero-order valence-corrected chi connectivity index (χ0v) is 28.7. The van der Waals surface area contributed by atoms with Gasteiger partial charge in [-0.05, 0) is 53.3 Å². The molecule has 0 bridgehead atoms. The Hall–Kier alpha value is -5.15. The Morgan fingerprint density at radius 1 is 0.980 bits per heavy atom. The summed E-state index contributed by atoms with van der Waals surface area (Å²) in [7, 11) is 3.21. The number of hydrogen-bond donors (Lipinski definition) is 3. The van der Waals surface area contributed by atoms with Gasteiger partial charge in [-0.15, -0.1) is 0 Å². The number of aliphatic hydroxyl groups excluding tert-OH is 1. The predicted molar refractivity (Wildman–Crippen MR) is 188 cm³/mol. The number of nitrogens with zero attached hydrogens (tertiary/aromatic N) is 1. The highest BCUT2D eigenvalue weighted by Crippen LogP contribution is 2.42. The van der Waals surface area contributed by atoms with Crippen LogP contribution in [0.15, 0.2) is 94.6 Å². The molecule has 1 aliphatic heterocycles. The van der Waals surface area contributed by atoms with E-state index in [0.717, 1.165) is 23.1 Å². The molecule has 1 fully saturated rings. The summed E-state index contributed by atoms with van der Waals surface area (Å²) >= 11 is 0. The van der Waals surface area contributed by atoms with Crippen LogP contribution < -0.4 is 26.0 Å². The van der Waals surface area contributed by atoms with Gasteiger partial charge in [-0.3, -0.25) is 19.1 Å². The Kier molecular flexibility index (Phi) is 11.9. The lowest BCUT2D eigenvalue weighted by Gasteiger charge is -2.37. The van der Waals surface area contributed by atoms with Crippen LogP contribution in [0.2, 0.25) is 0 Å². The van der Waals surface area contributed by atoms with E-state index in [1.807, 2.05) is 92.7 Å². The molecule has 5 rings (SSSR count). The highest BCUT2D eigenvalue weighted by atomic mass is 16.6. The number of aromatic nitrogens is 2. The van der Waals surface area contributed by atoms with Crippen LogP contribution in [0, 0.1) is 17.8 Å². The number of hydrogen-bond acceptors (Lipinski definition) is 8. The van der Waals surface area contributed by atoms with E-state index in [-0.39, 0.29) is 31.0 Å². The van der Waals surface area contributed by atoms with Crippen molar-refractivity contribution in [2.24, 2.45) is 5.92 Å². The fourth-order valence-corrected chi connectivity index (χ4v) is 5.90. The van der Waals surface area contributed by atoms with Gasteiger partial charge in [0.25, 0.3) is 5.56 Å². The van der Waals surface area contributed by atoms with Gasteiger partial charge < -0.3 is 29.4 Å². The van der Waals surface area contributed by atoms with Gasteiger partial charge >= 0.3 is 5.69 Å². The Labute approximate surface area is 291 Å². The zero-order valence-electron chi connectivity index (χ0n) is 28.7. The fraction of sp³-hybridized carbons (Fsp3) is 0.359. The normalized spacial score (nSPS) is 17.2. The molecule has 3 N–H and O–H groups in total. The summed E-state index contributed by atoms with van der Waals surface area (Å²) in [5, 5.41) is 13.9. The van der Waals surface area contributed by atoms with Crippen molar-refractivity contribution in [3.63, 3.8) is 0 Å². The molecule has 262 valence electrons. The average molecular weight is 682 g/mol. The quantitative estimate of drug-likeness (QED) is 0.142. The lowest BCUT2D eigenvalue weighted by molar-refractivity contribution is -0.121. The van der Waals surface area contributed by atoms with E-state index in [1.54, 1.807) is 14.2 Å². The van der Waals surface area contributed by atoms with Gasteiger partial charge in [-0.1, -0.05) is 80.3 Å². The SMILES string of the molecule is COc1ccc(C(OC[C@H]2O[C@@H](n3cc(C#CCNC(=O)CCC(C)C)c(=O)[nH]c3=O)CC2O)(c2ccccc2)c2ccc(OC)cc2)cc1. The molecule has 2 heterocycles. The van der Waals surface area contributed by atoms with Crippen LogP contribution >= 0.6 is 0 Å². The van der Waals surface area contributed by atoms with E-state index in [9.17, 15) is 19.5 Å². The second kappa shape index (κ2) is 16.5. The smallest absolute Gasteiger partial charge is 0.330 e. The molecule has 1 saturated heterocycles. The van der Waals surface area contributed by atoms with Crippen LogP contribution in [0.5, 0.6) is 11.5 Å². The third-order valence-electron chi connectivity index (χ3n) is 8.67. The fourth-order valence-electron chi connectivity index (χ4n) is 5.90. The van der Waals surface area contributed by atoms with Crippen LogP contribution in [0.1, 0.15) is 61.6 Å². The maximum Gasteiger partial charge on any atom is 0.330 e. The summed E-state index contributed by atoms with van der Waals surface area (Å²) in [6.45, 7) is 4.09. The van der Waals surface area contributed by atoms with Crippen molar-refractivity contribution in [2.75, 3.05) is 27.4 Å². The van der Waals surface area contributed by atoms with E-state index in [2.05, 4.69) is 22.1 Å². The van der Waals surface area contributed by atoms with Gasteiger partial charge in [0, 0.05) is 19.0 Å². The number of carbonyl (C=O) groups excluding carboxylic acids is 1. The second-order valence-corrected chi connectivity index (χ2v) is 12.5. The molecular formula is C39H43N3O8. The minimum absolute atomic E-state index is 0.0286. The predicted octanol–water partition coefficient (Wildman–Crippen LogP) is 4.11. The zero-order chi connectivity index (χ0) is 35.7. The van der Waals surface area contributed by atoms with E-state index in [4.69, 9.17) is 18.9 Å². The minimum atomic E-state index is -1.14. The average Bonchev–Trinajstić information content (AvgIpc) is 3.50. The standard InChI is InChI=1S/C39H43N3O8/c1-26(2)12-21-35(44)40-22-8-9-27-24-42(38(46)41-37(27)45)36-23-33(43)34(50-36)25-49-39(28-10-6-5-7-11-28,29-13-17-31(47-3)18-14-29)30-15-19-32(48-4)20-16-30/h5-7,10-11,13-20,24,26,33-34,36,43H,12,21-23,25H2,1-4H3,(H,40,44)(H,41,45,46)/t33?,34-,36-/m1/s1. The molecule has 4 aromatic rings. The number of aromatic amines is 1. The summed E-state index contributed by atoms with van der Waals surface area (Å²) < 4.78 is 25.2. The Balaban J connectivity index is 1.40. The van der Waals surface area contributed by atoms with Gasteiger partial charge in [-0.2, -0.15) is 0 Å². The first-order valence-electron chi connectivity index (χ1n) is 16.6. The van der Waals surface area contributed by atoms with Crippen LogP contribution in [0.25, 0.3) is 0 Å². The van der Waals surface area contributed by atoms with Crippen molar-refractivity contribution in [3.05, 3.63) is 128 Å². The third kappa shape index (κ3) is 8.34. The van der Waals surface area contributed by atoms with Crippen LogP contribution in [0.4, 0.5) is 0 Å². The number of amides is 1. The highest BCUT2D eigenvalue weighted by Gasteiger charge is 2.42. The molecule has 50 heavy (non-hydrogen) atoms. The van der Waals surface area contributed by atoms with Crippen LogP contribution in [0.3, 0.4) is 0 Å². The van der Waals surface area contributed by atoms with E-state index in [0.29, 0.717) is 23.8 Å². The summed E-state index contributed by atoms with van der Waals surface area (Å²) in [5.41, 5.74) is 0.00977. The third-order valence-corrected chi connectivity index (χ3v) is 8.67. The molecule has 0 saturated carbocycles. The maximum absolute atomic E-state index is 12.9. The first kappa shape index (κ1) is 36.1. The molecule has 0 spiro atoms.